The van der Waals surface area contributed by atoms with E-state index in [-0.39, 0.29) is 22.9 Å². The smallest absolute Gasteiger partial charge is 0.0887 e. The highest BCUT2D eigenvalue weighted by molar-refractivity contribution is 5.29. The van der Waals surface area contributed by atoms with E-state index in [0.717, 1.165) is 25.7 Å². The van der Waals surface area contributed by atoms with Gasteiger partial charge in [-0.05, 0) is 54.8 Å². The molecule has 4 N–H and O–H groups in total. The standard InChI is InChI=1S/C20H34O4/c1-18(2)13-6-5-12-10-19(3,16(23)11-21)7-8-20(12,4)14(13)9-15(22)17(18)24/h6,12,14-17,21-24H,5,7-11H2,1-4H3. The van der Waals surface area contributed by atoms with Crippen molar-refractivity contribution in [3.05, 3.63) is 11.6 Å². The zero-order chi connectivity index (χ0) is 17.9. The minimum Gasteiger partial charge on any atom is -0.394 e. The average molecular weight is 338 g/mol. The van der Waals surface area contributed by atoms with Crippen molar-refractivity contribution in [3.8, 4) is 0 Å². The second-order valence-electron chi connectivity index (χ2n) is 9.68. The average Bonchev–Trinajstić information content (AvgIpc) is 2.53. The summed E-state index contributed by atoms with van der Waals surface area (Å²) in [5, 5.41) is 40.6. The van der Waals surface area contributed by atoms with Gasteiger partial charge in [-0.2, -0.15) is 0 Å². The van der Waals surface area contributed by atoms with Gasteiger partial charge in [0, 0.05) is 5.41 Å². The molecule has 2 fully saturated rings. The van der Waals surface area contributed by atoms with Crippen LogP contribution in [0.2, 0.25) is 0 Å². The van der Waals surface area contributed by atoms with Crippen molar-refractivity contribution in [3.63, 3.8) is 0 Å². The first-order chi connectivity index (χ1) is 11.1. The van der Waals surface area contributed by atoms with E-state index in [0.29, 0.717) is 18.3 Å². The van der Waals surface area contributed by atoms with Crippen LogP contribution in [0.1, 0.15) is 59.8 Å². The highest BCUT2D eigenvalue weighted by atomic mass is 16.3. The summed E-state index contributed by atoms with van der Waals surface area (Å²) in [6.07, 6.45) is 4.64. The summed E-state index contributed by atoms with van der Waals surface area (Å²) < 4.78 is 0. The minimum atomic E-state index is -0.704. The molecule has 138 valence electrons. The van der Waals surface area contributed by atoms with Crippen molar-refractivity contribution >= 4 is 0 Å². The molecule has 0 aromatic carbocycles. The third-order valence-electron chi connectivity index (χ3n) is 7.98. The van der Waals surface area contributed by atoms with Crippen LogP contribution >= 0.6 is 0 Å². The first-order valence-electron chi connectivity index (χ1n) is 9.42. The van der Waals surface area contributed by atoms with E-state index in [2.05, 4.69) is 19.9 Å². The fourth-order valence-electron chi connectivity index (χ4n) is 5.89. The molecule has 3 aliphatic rings. The van der Waals surface area contributed by atoms with Crippen LogP contribution in [0.3, 0.4) is 0 Å². The van der Waals surface area contributed by atoms with Crippen molar-refractivity contribution in [2.75, 3.05) is 6.61 Å². The quantitative estimate of drug-likeness (QED) is 0.582. The van der Waals surface area contributed by atoms with E-state index in [1.807, 2.05) is 13.8 Å². The van der Waals surface area contributed by atoms with Gasteiger partial charge in [0.05, 0.1) is 24.9 Å². The van der Waals surface area contributed by atoms with Gasteiger partial charge in [-0.1, -0.05) is 39.3 Å². The molecule has 0 bridgehead atoms. The van der Waals surface area contributed by atoms with Crippen molar-refractivity contribution in [1.82, 2.24) is 0 Å². The van der Waals surface area contributed by atoms with E-state index in [1.54, 1.807) is 0 Å². The molecule has 0 radical (unpaired) electrons. The molecule has 0 aliphatic heterocycles. The van der Waals surface area contributed by atoms with Gasteiger partial charge < -0.3 is 20.4 Å². The Morgan fingerprint density at radius 2 is 1.83 bits per heavy atom. The first kappa shape index (κ1) is 18.4. The van der Waals surface area contributed by atoms with Gasteiger partial charge in [-0.25, -0.2) is 0 Å². The fraction of sp³-hybridized carbons (Fsp3) is 0.900. The number of rotatable bonds is 2. The van der Waals surface area contributed by atoms with E-state index in [1.165, 1.54) is 5.57 Å². The molecular weight excluding hydrogens is 304 g/mol. The largest absolute Gasteiger partial charge is 0.394 e. The molecule has 0 spiro atoms. The lowest BCUT2D eigenvalue weighted by molar-refractivity contribution is -0.125. The fourth-order valence-corrected chi connectivity index (χ4v) is 5.89. The van der Waals surface area contributed by atoms with Gasteiger partial charge in [0.15, 0.2) is 0 Å². The number of aliphatic hydroxyl groups excluding tert-OH is 4. The van der Waals surface area contributed by atoms with E-state index in [4.69, 9.17) is 0 Å². The Balaban J connectivity index is 1.93. The zero-order valence-corrected chi connectivity index (χ0v) is 15.5. The van der Waals surface area contributed by atoms with Crippen LogP contribution in [-0.4, -0.2) is 45.3 Å². The lowest BCUT2D eigenvalue weighted by atomic mass is 9.46. The Morgan fingerprint density at radius 1 is 1.17 bits per heavy atom. The Kier molecular flexibility index (Phi) is 4.44. The second-order valence-corrected chi connectivity index (χ2v) is 9.68. The first-order valence-corrected chi connectivity index (χ1v) is 9.42. The van der Waals surface area contributed by atoms with Crippen molar-refractivity contribution < 1.29 is 20.4 Å². The molecule has 4 heteroatoms. The normalized spacial score (nSPS) is 48.9. The second kappa shape index (κ2) is 5.80. The number of hydrogen-bond donors (Lipinski definition) is 4. The van der Waals surface area contributed by atoms with Crippen LogP contribution < -0.4 is 0 Å². The van der Waals surface area contributed by atoms with Crippen molar-refractivity contribution in [2.24, 2.45) is 28.1 Å². The molecule has 0 heterocycles. The maximum Gasteiger partial charge on any atom is 0.0887 e. The van der Waals surface area contributed by atoms with E-state index in [9.17, 15) is 20.4 Å². The van der Waals surface area contributed by atoms with Crippen LogP contribution in [0.5, 0.6) is 0 Å². The summed E-state index contributed by atoms with van der Waals surface area (Å²) in [5.74, 6) is 0.741. The molecule has 0 saturated heterocycles. The topological polar surface area (TPSA) is 80.9 Å². The monoisotopic (exact) mass is 338 g/mol. The van der Waals surface area contributed by atoms with Gasteiger partial charge in [-0.3, -0.25) is 0 Å². The highest BCUT2D eigenvalue weighted by Crippen LogP contribution is 2.63. The maximum atomic E-state index is 10.5. The molecule has 4 nitrogen and oxygen atoms in total. The zero-order valence-electron chi connectivity index (χ0n) is 15.5. The number of allylic oxidation sites excluding steroid dienone is 1. The third kappa shape index (κ3) is 2.49. The number of aliphatic hydroxyl groups is 4. The van der Waals surface area contributed by atoms with Crippen LogP contribution in [0.15, 0.2) is 11.6 Å². The highest BCUT2D eigenvalue weighted by Gasteiger charge is 2.57. The van der Waals surface area contributed by atoms with Gasteiger partial charge in [0.1, 0.15) is 0 Å². The van der Waals surface area contributed by atoms with Gasteiger partial charge in [0.2, 0.25) is 0 Å². The lowest BCUT2D eigenvalue weighted by Gasteiger charge is -2.60. The van der Waals surface area contributed by atoms with E-state index < -0.39 is 18.3 Å². The molecule has 2 saturated carbocycles. The van der Waals surface area contributed by atoms with Gasteiger partial charge in [0.25, 0.3) is 0 Å². The Morgan fingerprint density at radius 3 is 2.46 bits per heavy atom. The molecule has 0 aromatic rings. The van der Waals surface area contributed by atoms with E-state index >= 15 is 0 Å². The molecule has 24 heavy (non-hydrogen) atoms. The predicted octanol–water partition coefficient (Wildman–Crippen LogP) is 2.25. The molecule has 7 atom stereocenters. The Labute approximate surface area is 145 Å². The van der Waals surface area contributed by atoms with Crippen LogP contribution in [0, 0.1) is 28.1 Å². The molecule has 7 unspecified atom stereocenters. The molecule has 0 aromatic heterocycles. The summed E-state index contributed by atoms with van der Waals surface area (Å²) in [6.45, 7) is 8.34. The SMILES string of the molecule is CC1(C(O)CO)CCC2(C)C(CC=C3C2CC(O)C(O)C3(C)C)C1. The lowest BCUT2D eigenvalue weighted by Crippen LogP contribution is -2.57. The van der Waals surface area contributed by atoms with Gasteiger partial charge >= 0.3 is 0 Å². The molecular formula is C20H34O4. The Hall–Kier alpha value is -0.420. The third-order valence-corrected chi connectivity index (χ3v) is 7.98. The maximum absolute atomic E-state index is 10.5. The number of fused-ring (bicyclic) bond motifs is 3. The number of hydrogen-bond acceptors (Lipinski definition) is 4. The predicted molar refractivity (Wildman–Crippen MR) is 93.2 cm³/mol. The summed E-state index contributed by atoms with van der Waals surface area (Å²) in [5.41, 5.74) is 0.788. The van der Waals surface area contributed by atoms with Crippen molar-refractivity contribution in [1.29, 1.82) is 0 Å². The Bertz CT molecular complexity index is 528. The summed E-state index contributed by atoms with van der Waals surface area (Å²) in [6, 6.07) is 0. The molecule has 3 rings (SSSR count). The summed E-state index contributed by atoms with van der Waals surface area (Å²) in [4.78, 5) is 0. The summed E-state index contributed by atoms with van der Waals surface area (Å²) >= 11 is 0. The van der Waals surface area contributed by atoms with Crippen LogP contribution in [0.4, 0.5) is 0 Å². The van der Waals surface area contributed by atoms with Crippen LogP contribution in [-0.2, 0) is 0 Å². The van der Waals surface area contributed by atoms with Crippen LogP contribution in [0.25, 0.3) is 0 Å². The van der Waals surface area contributed by atoms with Crippen molar-refractivity contribution in [2.45, 2.75) is 78.1 Å². The minimum absolute atomic E-state index is 0.0944. The molecule has 0 amide bonds. The van der Waals surface area contributed by atoms with Gasteiger partial charge in [-0.15, -0.1) is 0 Å². The molecule has 3 aliphatic carbocycles. The summed E-state index contributed by atoms with van der Waals surface area (Å²) in [7, 11) is 0.